The van der Waals surface area contributed by atoms with Gasteiger partial charge in [0.25, 0.3) is 0 Å². The van der Waals surface area contributed by atoms with E-state index in [0.29, 0.717) is 47.5 Å². The fourth-order valence-corrected chi connectivity index (χ4v) is 5.73. The fourth-order valence-electron chi connectivity index (χ4n) is 3.80. The van der Waals surface area contributed by atoms with Crippen LogP contribution in [0.5, 0.6) is 0 Å². The minimum absolute atomic E-state index is 0.0682. The van der Waals surface area contributed by atoms with Crippen LogP contribution in [-0.4, -0.2) is 38.3 Å². The smallest absolute Gasteiger partial charge is 0.407 e. The van der Waals surface area contributed by atoms with Crippen molar-refractivity contribution < 1.29 is 23.1 Å². The summed E-state index contributed by atoms with van der Waals surface area (Å²) < 4.78 is 33.9. The number of unbranched alkanes of at least 4 members (excludes halogenated alkanes) is 1. The molecule has 0 saturated heterocycles. The second kappa shape index (κ2) is 12.9. The standard InChI is InChI=1S/C25H33ClN2O5S/c1-5-23(29)22(28-34(31,32)24-18(3)14-17(2)15-19(24)4)12-8-9-13-27-25(30)33-16-20-10-6-7-11-21(20)26/h5-7,10-11,14-15,22-23,28-29H,1,8-9,12-13,16H2,2-4H3,(H,27,30)/t22-,23?/m0/s1. The first kappa shape index (κ1) is 27.9. The number of rotatable bonds is 12. The number of aliphatic hydroxyl groups is 1. The molecule has 0 fully saturated rings. The van der Waals surface area contributed by atoms with Gasteiger partial charge in [0.2, 0.25) is 10.0 Å². The summed E-state index contributed by atoms with van der Waals surface area (Å²) >= 11 is 6.04. The van der Waals surface area contributed by atoms with Crippen LogP contribution in [0.4, 0.5) is 4.79 Å². The van der Waals surface area contributed by atoms with Gasteiger partial charge in [-0.1, -0.05) is 60.0 Å². The third kappa shape index (κ3) is 8.13. The molecular formula is C25H33ClN2O5S. The molecule has 2 aromatic rings. The summed E-state index contributed by atoms with van der Waals surface area (Å²) in [4.78, 5) is 12.1. The van der Waals surface area contributed by atoms with Crippen LogP contribution in [0, 0.1) is 20.8 Å². The molecule has 34 heavy (non-hydrogen) atoms. The predicted octanol–water partition coefficient (Wildman–Crippen LogP) is 4.56. The summed E-state index contributed by atoms with van der Waals surface area (Å²) in [5, 5.41) is 13.5. The minimum atomic E-state index is -3.84. The quantitative estimate of drug-likeness (QED) is 0.288. The monoisotopic (exact) mass is 508 g/mol. The van der Waals surface area contributed by atoms with Gasteiger partial charge in [0.15, 0.2) is 0 Å². The number of aliphatic hydroxyl groups excluding tert-OH is 1. The molecule has 1 unspecified atom stereocenters. The van der Waals surface area contributed by atoms with Gasteiger partial charge >= 0.3 is 6.09 Å². The average molecular weight is 509 g/mol. The van der Waals surface area contributed by atoms with Crippen molar-refractivity contribution in [3.05, 3.63) is 76.3 Å². The largest absolute Gasteiger partial charge is 0.445 e. The van der Waals surface area contributed by atoms with Gasteiger partial charge in [-0.25, -0.2) is 17.9 Å². The number of halogens is 1. The van der Waals surface area contributed by atoms with E-state index in [1.807, 2.05) is 25.1 Å². The van der Waals surface area contributed by atoms with E-state index in [1.165, 1.54) is 6.08 Å². The Labute approximate surface area is 207 Å². The highest BCUT2D eigenvalue weighted by Gasteiger charge is 2.26. The number of amides is 1. The van der Waals surface area contributed by atoms with E-state index in [1.54, 1.807) is 32.0 Å². The fraction of sp³-hybridized carbons (Fsp3) is 0.400. The number of hydrogen-bond donors (Lipinski definition) is 3. The summed E-state index contributed by atoms with van der Waals surface area (Å²) in [5.74, 6) is 0. The summed E-state index contributed by atoms with van der Waals surface area (Å²) in [6, 6.07) is 10.0. The van der Waals surface area contributed by atoms with Crippen molar-refractivity contribution in [2.45, 2.75) is 63.7 Å². The molecule has 3 N–H and O–H groups in total. The topological polar surface area (TPSA) is 105 Å². The van der Waals surface area contributed by atoms with Crippen LogP contribution in [0.3, 0.4) is 0 Å². The second-order valence-corrected chi connectivity index (χ2v) is 10.3. The SMILES string of the molecule is C=CC(O)[C@H](CCCCNC(=O)OCc1ccccc1Cl)NS(=O)(=O)c1c(C)cc(C)cc1C. The zero-order valence-corrected chi connectivity index (χ0v) is 21.4. The zero-order valence-electron chi connectivity index (χ0n) is 19.8. The highest BCUT2D eigenvalue weighted by atomic mass is 35.5. The van der Waals surface area contributed by atoms with Crippen LogP contribution in [0.2, 0.25) is 5.02 Å². The van der Waals surface area contributed by atoms with Crippen molar-refractivity contribution in [2.24, 2.45) is 0 Å². The van der Waals surface area contributed by atoms with Crippen LogP contribution in [-0.2, 0) is 21.4 Å². The number of benzene rings is 2. The molecule has 0 spiro atoms. The Morgan fingerprint density at radius 1 is 1.18 bits per heavy atom. The molecule has 7 nitrogen and oxygen atoms in total. The number of alkyl carbamates (subject to hydrolysis) is 1. The first-order chi connectivity index (χ1) is 16.0. The zero-order chi connectivity index (χ0) is 25.3. The maximum Gasteiger partial charge on any atom is 0.407 e. The lowest BCUT2D eigenvalue weighted by molar-refractivity contribution is 0.139. The van der Waals surface area contributed by atoms with Gasteiger partial charge in [0.1, 0.15) is 6.61 Å². The van der Waals surface area contributed by atoms with Gasteiger partial charge in [-0.15, -0.1) is 6.58 Å². The molecule has 0 aromatic heterocycles. The molecule has 0 bridgehead atoms. The van der Waals surface area contributed by atoms with E-state index in [2.05, 4.69) is 16.6 Å². The molecular weight excluding hydrogens is 476 g/mol. The Balaban J connectivity index is 1.86. The Kier molecular flexibility index (Phi) is 10.6. The van der Waals surface area contributed by atoms with Crippen molar-refractivity contribution >= 4 is 27.7 Å². The molecule has 0 aliphatic rings. The number of aryl methyl sites for hydroxylation is 3. The normalized spacial score (nSPS) is 13.2. The Morgan fingerprint density at radius 3 is 2.44 bits per heavy atom. The van der Waals surface area contributed by atoms with E-state index in [0.717, 1.165) is 5.56 Å². The molecule has 0 aliphatic carbocycles. The maximum atomic E-state index is 13.1. The minimum Gasteiger partial charge on any atom is -0.445 e. The third-order valence-electron chi connectivity index (χ3n) is 5.36. The van der Waals surface area contributed by atoms with Gasteiger partial charge < -0.3 is 15.2 Å². The first-order valence-corrected chi connectivity index (χ1v) is 13.0. The molecule has 9 heteroatoms. The molecule has 0 radical (unpaired) electrons. The van der Waals surface area contributed by atoms with Crippen molar-refractivity contribution in [1.29, 1.82) is 0 Å². The van der Waals surface area contributed by atoms with E-state index >= 15 is 0 Å². The third-order valence-corrected chi connectivity index (χ3v) is 7.52. The van der Waals surface area contributed by atoms with Gasteiger partial charge in [-0.2, -0.15) is 0 Å². The van der Waals surface area contributed by atoms with E-state index in [4.69, 9.17) is 16.3 Å². The van der Waals surface area contributed by atoms with Gasteiger partial charge in [-0.3, -0.25) is 0 Å². The highest BCUT2D eigenvalue weighted by molar-refractivity contribution is 7.89. The molecule has 0 saturated carbocycles. The number of ether oxygens (including phenoxy) is 1. The lowest BCUT2D eigenvalue weighted by atomic mass is 10.1. The summed E-state index contributed by atoms with van der Waals surface area (Å²) in [6.45, 7) is 9.42. The summed E-state index contributed by atoms with van der Waals surface area (Å²) in [5.41, 5.74) is 2.99. The average Bonchev–Trinajstić information content (AvgIpc) is 2.75. The Hall–Kier alpha value is -2.39. The van der Waals surface area contributed by atoms with Crippen LogP contribution in [0.25, 0.3) is 0 Å². The van der Waals surface area contributed by atoms with Gasteiger partial charge in [-0.05, 0) is 50.8 Å². The molecule has 0 heterocycles. The molecule has 0 aliphatic heterocycles. The molecule has 2 rings (SSSR count). The van der Waals surface area contributed by atoms with Crippen LogP contribution < -0.4 is 10.0 Å². The Bertz CT molecular complexity index is 1080. The van der Waals surface area contributed by atoms with Crippen LogP contribution in [0.1, 0.15) is 41.5 Å². The van der Waals surface area contributed by atoms with Crippen molar-refractivity contribution in [3.8, 4) is 0 Å². The number of sulfonamides is 1. The van der Waals surface area contributed by atoms with Crippen LogP contribution in [0.15, 0.2) is 53.9 Å². The number of carbonyl (C=O) groups excluding carboxylic acids is 1. The lowest BCUT2D eigenvalue weighted by Crippen LogP contribution is -2.43. The number of nitrogens with one attached hydrogen (secondary N) is 2. The van der Waals surface area contributed by atoms with Gasteiger partial charge in [0, 0.05) is 17.1 Å². The molecule has 1 amide bonds. The summed E-state index contributed by atoms with van der Waals surface area (Å²) in [6.07, 6.45) is 1.21. The molecule has 186 valence electrons. The Morgan fingerprint density at radius 2 is 1.82 bits per heavy atom. The maximum absolute atomic E-state index is 13.1. The van der Waals surface area contributed by atoms with Gasteiger partial charge in [0.05, 0.1) is 17.0 Å². The lowest BCUT2D eigenvalue weighted by Gasteiger charge is -2.23. The summed E-state index contributed by atoms with van der Waals surface area (Å²) in [7, 11) is -3.84. The first-order valence-electron chi connectivity index (χ1n) is 11.1. The second-order valence-electron chi connectivity index (χ2n) is 8.27. The van der Waals surface area contributed by atoms with Crippen molar-refractivity contribution in [3.63, 3.8) is 0 Å². The predicted molar refractivity (Wildman–Crippen MR) is 134 cm³/mol. The number of carbonyl (C=O) groups is 1. The number of hydrogen-bond acceptors (Lipinski definition) is 5. The van der Waals surface area contributed by atoms with E-state index in [9.17, 15) is 18.3 Å². The molecule has 2 aromatic carbocycles. The van der Waals surface area contributed by atoms with Crippen molar-refractivity contribution in [1.82, 2.24) is 10.0 Å². The highest BCUT2D eigenvalue weighted by Crippen LogP contribution is 2.23. The van der Waals surface area contributed by atoms with Crippen molar-refractivity contribution in [2.75, 3.05) is 6.54 Å². The molecule has 2 atom stereocenters. The van der Waals surface area contributed by atoms with Crippen LogP contribution >= 0.6 is 11.6 Å². The van der Waals surface area contributed by atoms with E-state index < -0.39 is 28.3 Å². The van der Waals surface area contributed by atoms with E-state index in [-0.39, 0.29) is 11.5 Å².